The van der Waals surface area contributed by atoms with Gasteiger partial charge in [0.1, 0.15) is 10.6 Å². The van der Waals surface area contributed by atoms with Crippen molar-refractivity contribution in [2.45, 2.75) is 24.3 Å². The molecule has 0 heterocycles. The molecular weight excluding hydrogens is 313 g/mol. The van der Waals surface area contributed by atoms with Crippen LogP contribution in [0.1, 0.15) is 13.3 Å². The summed E-state index contributed by atoms with van der Waals surface area (Å²) in [5.74, 6) is 0.291. The summed E-state index contributed by atoms with van der Waals surface area (Å²) in [5.41, 5.74) is 0. The van der Waals surface area contributed by atoms with E-state index in [9.17, 15) is 8.42 Å². The normalized spacial score (nSPS) is 13.3. The number of halogens is 2. The molecule has 0 radical (unpaired) electrons. The van der Waals surface area contributed by atoms with Gasteiger partial charge in [-0.3, -0.25) is 0 Å². The van der Waals surface area contributed by atoms with E-state index < -0.39 is 16.1 Å². The van der Waals surface area contributed by atoms with E-state index in [1.165, 1.54) is 19.2 Å². The van der Waals surface area contributed by atoms with Crippen molar-refractivity contribution in [1.82, 2.24) is 4.72 Å². The van der Waals surface area contributed by atoms with Gasteiger partial charge in [-0.25, -0.2) is 13.1 Å². The number of nitrogens with one attached hydrogen (secondary N) is 1. The summed E-state index contributed by atoms with van der Waals surface area (Å²) >= 11 is 11.8. The van der Waals surface area contributed by atoms with Gasteiger partial charge in [-0.05, 0) is 12.5 Å². The molecule has 2 N–H and O–H groups in total. The summed E-state index contributed by atoms with van der Waals surface area (Å²) in [5, 5.41) is 9.18. The van der Waals surface area contributed by atoms with Gasteiger partial charge in [0, 0.05) is 12.1 Å². The van der Waals surface area contributed by atoms with E-state index in [0.717, 1.165) is 0 Å². The Labute approximate surface area is 122 Å². The number of aliphatic hydroxyl groups is 1. The average molecular weight is 328 g/mol. The number of sulfonamides is 1. The lowest BCUT2D eigenvalue weighted by Gasteiger charge is -2.16. The maximum Gasteiger partial charge on any atom is 0.242 e. The monoisotopic (exact) mass is 327 g/mol. The molecule has 8 heteroatoms. The molecule has 0 aliphatic carbocycles. The second kappa shape index (κ2) is 6.76. The minimum Gasteiger partial charge on any atom is -0.495 e. The summed E-state index contributed by atoms with van der Waals surface area (Å²) < 4.78 is 31.6. The van der Waals surface area contributed by atoms with Crippen LogP contribution in [0, 0.1) is 0 Å². The maximum absolute atomic E-state index is 12.1. The predicted molar refractivity (Wildman–Crippen MR) is 74.5 cm³/mol. The van der Waals surface area contributed by atoms with Gasteiger partial charge in [-0.15, -0.1) is 0 Å². The Hall–Kier alpha value is -0.530. The van der Waals surface area contributed by atoms with Gasteiger partial charge >= 0.3 is 0 Å². The first kappa shape index (κ1) is 16.5. The van der Waals surface area contributed by atoms with Crippen LogP contribution < -0.4 is 9.46 Å². The van der Waals surface area contributed by atoms with E-state index in [1.54, 1.807) is 6.92 Å². The molecule has 0 amide bonds. The second-order valence-electron chi connectivity index (χ2n) is 3.83. The summed E-state index contributed by atoms with van der Waals surface area (Å²) in [6.45, 7) is 1.46. The van der Waals surface area contributed by atoms with Crippen molar-refractivity contribution >= 4 is 33.2 Å². The van der Waals surface area contributed by atoms with E-state index >= 15 is 0 Å². The van der Waals surface area contributed by atoms with E-state index in [0.29, 0.717) is 12.2 Å². The van der Waals surface area contributed by atoms with Gasteiger partial charge in [0.2, 0.25) is 10.0 Å². The Morgan fingerprint density at radius 3 is 2.47 bits per heavy atom. The fourth-order valence-corrected chi connectivity index (χ4v) is 3.56. The fourth-order valence-electron chi connectivity index (χ4n) is 1.41. The zero-order chi connectivity index (χ0) is 14.6. The molecule has 0 spiro atoms. The van der Waals surface area contributed by atoms with Crippen LogP contribution in [0.3, 0.4) is 0 Å². The molecule has 108 valence electrons. The molecule has 0 saturated carbocycles. The standard InChI is InChI=1S/C11H15Cl2NO4S/c1-3-7(6-15)14-19(16,17)11-5-8(12)10(18-2)4-9(11)13/h4-5,7,14-15H,3,6H2,1-2H3. The SMILES string of the molecule is CCC(CO)NS(=O)(=O)c1cc(Cl)c(OC)cc1Cl. The van der Waals surface area contributed by atoms with Crippen LogP contribution in [0.15, 0.2) is 17.0 Å². The van der Waals surface area contributed by atoms with E-state index in [2.05, 4.69) is 4.72 Å². The molecule has 1 unspecified atom stereocenters. The number of benzene rings is 1. The Morgan fingerprint density at radius 2 is 2.00 bits per heavy atom. The van der Waals surface area contributed by atoms with Crippen molar-refractivity contribution < 1.29 is 18.3 Å². The van der Waals surface area contributed by atoms with Crippen LogP contribution in [-0.2, 0) is 10.0 Å². The highest BCUT2D eigenvalue weighted by Crippen LogP contribution is 2.33. The predicted octanol–water partition coefficient (Wildman–Crippen LogP) is 2.05. The lowest BCUT2D eigenvalue weighted by molar-refractivity contribution is 0.254. The van der Waals surface area contributed by atoms with Crippen LogP contribution >= 0.6 is 23.2 Å². The van der Waals surface area contributed by atoms with Crippen molar-refractivity contribution in [3.8, 4) is 5.75 Å². The number of hydrogen-bond acceptors (Lipinski definition) is 4. The van der Waals surface area contributed by atoms with Crippen molar-refractivity contribution in [3.05, 3.63) is 22.2 Å². The van der Waals surface area contributed by atoms with Crippen molar-refractivity contribution in [2.24, 2.45) is 0 Å². The largest absolute Gasteiger partial charge is 0.495 e. The maximum atomic E-state index is 12.1. The van der Waals surface area contributed by atoms with Crippen LogP contribution in [0.5, 0.6) is 5.75 Å². The Bertz CT molecular complexity index is 544. The van der Waals surface area contributed by atoms with Gasteiger partial charge in [0.25, 0.3) is 0 Å². The first-order chi connectivity index (χ1) is 8.85. The molecule has 0 saturated heterocycles. The molecule has 1 atom stereocenters. The molecule has 0 aromatic heterocycles. The topological polar surface area (TPSA) is 75.6 Å². The first-order valence-electron chi connectivity index (χ1n) is 5.52. The number of rotatable bonds is 6. The van der Waals surface area contributed by atoms with Gasteiger partial charge in [0.05, 0.1) is 23.8 Å². The molecule has 0 bridgehead atoms. The minimum atomic E-state index is -3.84. The molecule has 0 fully saturated rings. The molecular formula is C11H15Cl2NO4S. The van der Waals surface area contributed by atoms with Crippen LogP contribution in [0.2, 0.25) is 10.0 Å². The van der Waals surface area contributed by atoms with Gasteiger partial charge in [-0.1, -0.05) is 30.1 Å². The summed E-state index contributed by atoms with van der Waals surface area (Å²) in [6, 6.07) is 1.98. The minimum absolute atomic E-state index is 0.00143. The van der Waals surface area contributed by atoms with Crippen molar-refractivity contribution in [1.29, 1.82) is 0 Å². The number of aliphatic hydroxyl groups excluding tert-OH is 1. The Morgan fingerprint density at radius 1 is 1.37 bits per heavy atom. The Kier molecular flexibility index (Phi) is 5.88. The van der Waals surface area contributed by atoms with E-state index in [-0.39, 0.29) is 21.5 Å². The van der Waals surface area contributed by atoms with Gasteiger partial charge in [-0.2, -0.15) is 0 Å². The average Bonchev–Trinajstić information content (AvgIpc) is 2.37. The third-order valence-corrected chi connectivity index (χ3v) is 4.81. The second-order valence-corrected chi connectivity index (χ2v) is 6.32. The molecule has 5 nitrogen and oxygen atoms in total. The van der Waals surface area contributed by atoms with Crippen LogP contribution in [0.4, 0.5) is 0 Å². The molecule has 19 heavy (non-hydrogen) atoms. The summed E-state index contributed by atoms with van der Waals surface area (Å²) in [6.07, 6.45) is 0.456. The molecule has 1 rings (SSSR count). The highest BCUT2D eigenvalue weighted by molar-refractivity contribution is 7.89. The zero-order valence-electron chi connectivity index (χ0n) is 10.5. The highest BCUT2D eigenvalue weighted by atomic mass is 35.5. The first-order valence-corrected chi connectivity index (χ1v) is 7.75. The van der Waals surface area contributed by atoms with Crippen LogP contribution in [0.25, 0.3) is 0 Å². The third-order valence-electron chi connectivity index (χ3n) is 2.53. The summed E-state index contributed by atoms with van der Waals surface area (Å²) in [7, 11) is -2.44. The lowest BCUT2D eigenvalue weighted by atomic mass is 10.3. The third kappa shape index (κ3) is 3.97. The van der Waals surface area contributed by atoms with Crippen molar-refractivity contribution in [2.75, 3.05) is 13.7 Å². The van der Waals surface area contributed by atoms with Gasteiger partial charge < -0.3 is 9.84 Å². The smallest absolute Gasteiger partial charge is 0.242 e. The molecule has 0 aliphatic heterocycles. The van der Waals surface area contributed by atoms with Gasteiger partial charge in [0.15, 0.2) is 0 Å². The summed E-state index contributed by atoms with van der Waals surface area (Å²) in [4.78, 5) is -0.146. The van der Waals surface area contributed by atoms with Crippen molar-refractivity contribution in [3.63, 3.8) is 0 Å². The number of methoxy groups -OCH3 is 1. The zero-order valence-corrected chi connectivity index (χ0v) is 12.8. The Balaban J connectivity index is 3.18. The molecule has 0 aliphatic rings. The van der Waals surface area contributed by atoms with E-state index in [4.69, 9.17) is 33.0 Å². The lowest BCUT2D eigenvalue weighted by Crippen LogP contribution is -2.37. The number of ether oxygens (including phenoxy) is 1. The van der Waals surface area contributed by atoms with Crippen LogP contribution in [-0.4, -0.2) is 33.3 Å². The molecule has 1 aromatic rings. The highest BCUT2D eigenvalue weighted by Gasteiger charge is 2.23. The number of hydrogen-bond donors (Lipinski definition) is 2. The fraction of sp³-hybridized carbons (Fsp3) is 0.455. The van der Waals surface area contributed by atoms with E-state index in [1.807, 2.05) is 0 Å². The quantitative estimate of drug-likeness (QED) is 0.838. The molecule has 1 aromatic carbocycles.